The van der Waals surface area contributed by atoms with Crippen LogP contribution in [0.15, 0.2) is 42.5 Å². The van der Waals surface area contributed by atoms with Gasteiger partial charge in [-0.25, -0.2) is 5.73 Å². The Hall–Kier alpha value is -1.34. The van der Waals surface area contributed by atoms with Gasteiger partial charge < -0.3 is 0 Å². The van der Waals surface area contributed by atoms with E-state index in [1.165, 1.54) is 10.8 Å². The Labute approximate surface area is 84.5 Å². The van der Waals surface area contributed by atoms with Gasteiger partial charge in [0.15, 0.2) is 0 Å². The summed E-state index contributed by atoms with van der Waals surface area (Å²) >= 11 is 0. The molecule has 0 aliphatic carbocycles. The summed E-state index contributed by atoms with van der Waals surface area (Å²) in [7, 11) is 0. The lowest BCUT2D eigenvalue weighted by Crippen LogP contribution is -1.97. The molecule has 0 spiro atoms. The van der Waals surface area contributed by atoms with Crippen LogP contribution in [0.1, 0.15) is 24.9 Å². The molecule has 0 heterocycles. The lowest BCUT2D eigenvalue weighted by molar-refractivity contribution is 0.682. The molecule has 0 aliphatic heterocycles. The van der Waals surface area contributed by atoms with Gasteiger partial charge in [-0.15, -0.1) is 0 Å². The highest BCUT2D eigenvalue weighted by molar-refractivity contribution is 5.86. The normalized spacial score (nSPS) is 13.0. The maximum Gasteiger partial charge on any atom is 0.0466 e. The lowest BCUT2D eigenvalue weighted by atomic mass is 9.98. The van der Waals surface area contributed by atoms with Gasteiger partial charge in [-0.1, -0.05) is 49.4 Å². The Morgan fingerprint density at radius 3 is 2.57 bits per heavy atom. The van der Waals surface area contributed by atoms with Gasteiger partial charge in [-0.05, 0) is 22.8 Å². The summed E-state index contributed by atoms with van der Waals surface area (Å²) in [6.07, 6.45) is 0.869. The lowest BCUT2D eigenvalue weighted by Gasteiger charge is -2.11. The molecule has 1 N–H and O–H groups in total. The number of hydrogen-bond donors (Lipinski definition) is 0. The van der Waals surface area contributed by atoms with Crippen LogP contribution in [-0.2, 0) is 0 Å². The van der Waals surface area contributed by atoms with Crippen molar-refractivity contribution in [1.82, 2.24) is 5.73 Å². The molecule has 0 aliphatic rings. The van der Waals surface area contributed by atoms with Crippen molar-refractivity contribution in [2.75, 3.05) is 0 Å². The van der Waals surface area contributed by atoms with Gasteiger partial charge in [-0.3, -0.25) is 0 Å². The average Bonchev–Trinajstić information content (AvgIpc) is 2.27. The van der Waals surface area contributed by atoms with Crippen molar-refractivity contribution >= 4 is 10.8 Å². The van der Waals surface area contributed by atoms with Gasteiger partial charge >= 0.3 is 0 Å². The van der Waals surface area contributed by atoms with E-state index in [1.807, 2.05) is 18.2 Å². The van der Waals surface area contributed by atoms with Crippen LogP contribution >= 0.6 is 0 Å². The molecular weight excluding hydrogens is 170 g/mol. The molecule has 1 heteroatoms. The van der Waals surface area contributed by atoms with E-state index in [0.717, 1.165) is 12.0 Å². The Bertz CT molecular complexity index is 429. The summed E-state index contributed by atoms with van der Waals surface area (Å²) in [5, 5.41) is 2.45. The maximum atomic E-state index is 7.94. The molecule has 0 saturated carbocycles. The van der Waals surface area contributed by atoms with Crippen LogP contribution in [-0.4, -0.2) is 0 Å². The molecule has 1 radical (unpaired) electrons. The molecular formula is C13H14N. The molecule has 2 aromatic rings. The summed E-state index contributed by atoms with van der Waals surface area (Å²) in [5.74, 6) is 0. The number of hydrogen-bond acceptors (Lipinski definition) is 0. The number of nitrogens with one attached hydrogen (secondary N) is 1. The van der Waals surface area contributed by atoms with Gasteiger partial charge in [0, 0.05) is 6.04 Å². The molecule has 0 fully saturated rings. The zero-order chi connectivity index (χ0) is 9.97. The summed E-state index contributed by atoms with van der Waals surface area (Å²) in [6, 6.07) is 14.4. The van der Waals surface area contributed by atoms with E-state index in [2.05, 4.69) is 31.2 Å². The SMILES string of the molecule is CCC([NH])c1cccc2ccccc12. The van der Waals surface area contributed by atoms with Crippen molar-refractivity contribution in [3.05, 3.63) is 48.0 Å². The summed E-state index contributed by atoms with van der Waals surface area (Å²) in [4.78, 5) is 0. The van der Waals surface area contributed by atoms with E-state index < -0.39 is 0 Å². The van der Waals surface area contributed by atoms with Crippen LogP contribution < -0.4 is 5.73 Å². The first kappa shape index (κ1) is 9.22. The third-order valence-corrected chi connectivity index (χ3v) is 2.61. The molecule has 1 unspecified atom stereocenters. The fourth-order valence-corrected chi connectivity index (χ4v) is 1.77. The minimum Gasteiger partial charge on any atom is -0.250 e. The van der Waals surface area contributed by atoms with E-state index in [4.69, 9.17) is 5.73 Å². The zero-order valence-corrected chi connectivity index (χ0v) is 8.33. The topological polar surface area (TPSA) is 23.8 Å². The fourth-order valence-electron chi connectivity index (χ4n) is 1.77. The Balaban J connectivity index is 2.65. The van der Waals surface area contributed by atoms with Crippen molar-refractivity contribution < 1.29 is 0 Å². The van der Waals surface area contributed by atoms with Crippen LogP contribution in [0.25, 0.3) is 10.8 Å². The molecule has 14 heavy (non-hydrogen) atoms. The third kappa shape index (κ3) is 1.51. The largest absolute Gasteiger partial charge is 0.250 e. The van der Waals surface area contributed by atoms with Gasteiger partial charge in [-0.2, -0.15) is 0 Å². The van der Waals surface area contributed by atoms with E-state index in [0.29, 0.717) is 0 Å². The Morgan fingerprint density at radius 2 is 1.79 bits per heavy atom. The second kappa shape index (κ2) is 3.81. The van der Waals surface area contributed by atoms with Crippen LogP contribution in [0.3, 0.4) is 0 Å². The second-order valence-corrected chi connectivity index (χ2v) is 3.53. The van der Waals surface area contributed by atoms with Crippen molar-refractivity contribution in [2.24, 2.45) is 0 Å². The van der Waals surface area contributed by atoms with E-state index >= 15 is 0 Å². The van der Waals surface area contributed by atoms with Gasteiger partial charge in [0.05, 0.1) is 0 Å². The third-order valence-electron chi connectivity index (χ3n) is 2.61. The Morgan fingerprint density at radius 1 is 1.07 bits per heavy atom. The minimum absolute atomic E-state index is 0.0962. The van der Waals surface area contributed by atoms with Crippen LogP contribution in [0, 0.1) is 0 Å². The molecule has 71 valence electrons. The molecule has 0 bridgehead atoms. The standard InChI is InChI=1S/C13H14N/c1-2-13(14)12-9-5-7-10-6-3-4-8-11(10)12/h3-9,13-14H,2H2,1H3. The number of rotatable bonds is 2. The monoisotopic (exact) mass is 184 g/mol. The van der Waals surface area contributed by atoms with E-state index in [9.17, 15) is 0 Å². The zero-order valence-electron chi connectivity index (χ0n) is 8.33. The predicted octanol–water partition coefficient (Wildman–Crippen LogP) is 3.57. The molecule has 0 amide bonds. The highest BCUT2D eigenvalue weighted by Crippen LogP contribution is 2.25. The predicted molar refractivity (Wildman–Crippen MR) is 60.1 cm³/mol. The number of benzene rings is 2. The van der Waals surface area contributed by atoms with Crippen LogP contribution in [0.4, 0.5) is 0 Å². The van der Waals surface area contributed by atoms with Crippen molar-refractivity contribution in [3.8, 4) is 0 Å². The minimum atomic E-state index is -0.0962. The van der Waals surface area contributed by atoms with Crippen molar-refractivity contribution in [2.45, 2.75) is 19.4 Å². The molecule has 1 atom stereocenters. The first-order valence-electron chi connectivity index (χ1n) is 5.01. The van der Waals surface area contributed by atoms with Gasteiger partial charge in [0.1, 0.15) is 0 Å². The molecule has 0 aromatic heterocycles. The molecule has 2 aromatic carbocycles. The van der Waals surface area contributed by atoms with E-state index in [1.54, 1.807) is 0 Å². The summed E-state index contributed by atoms with van der Waals surface area (Å²) in [6.45, 7) is 2.06. The van der Waals surface area contributed by atoms with Gasteiger partial charge in [0.2, 0.25) is 0 Å². The quantitative estimate of drug-likeness (QED) is 0.681. The average molecular weight is 184 g/mol. The fraction of sp³-hybridized carbons (Fsp3) is 0.231. The van der Waals surface area contributed by atoms with E-state index in [-0.39, 0.29) is 6.04 Å². The smallest absolute Gasteiger partial charge is 0.0466 e. The summed E-state index contributed by atoms with van der Waals surface area (Å²) < 4.78 is 0. The first-order valence-corrected chi connectivity index (χ1v) is 5.01. The summed E-state index contributed by atoms with van der Waals surface area (Å²) in [5.41, 5.74) is 9.09. The van der Waals surface area contributed by atoms with Crippen LogP contribution in [0.5, 0.6) is 0 Å². The van der Waals surface area contributed by atoms with Crippen molar-refractivity contribution in [3.63, 3.8) is 0 Å². The molecule has 0 saturated heterocycles. The second-order valence-electron chi connectivity index (χ2n) is 3.53. The molecule has 2 rings (SSSR count). The molecule has 1 nitrogen and oxygen atoms in total. The maximum absolute atomic E-state index is 7.94. The number of fused-ring (bicyclic) bond motifs is 1. The van der Waals surface area contributed by atoms with Gasteiger partial charge in [0.25, 0.3) is 0 Å². The Kier molecular flexibility index (Phi) is 2.51. The van der Waals surface area contributed by atoms with Crippen LogP contribution in [0.2, 0.25) is 0 Å². The van der Waals surface area contributed by atoms with Crippen molar-refractivity contribution in [1.29, 1.82) is 0 Å². The highest BCUT2D eigenvalue weighted by atomic mass is 14.6. The first-order chi connectivity index (χ1) is 6.83. The highest BCUT2D eigenvalue weighted by Gasteiger charge is 2.06.